The highest BCUT2D eigenvalue weighted by Gasteiger charge is 2.08. The van der Waals surface area contributed by atoms with Crippen LogP contribution in [0.3, 0.4) is 0 Å². The molecule has 1 heterocycles. The molecule has 0 radical (unpaired) electrons. The topological polar surface area (TPSA) is 89.1 Å². The molecule has 140 valence electrons. The highest BCUT2D eigenvalue weighted by molar-refractivity contribution is 5.91. The molecule has 7 heteroatoms. The average molecular weight is 366 g/mol. The monoisotopic (exact) mass is 366 g/mol. The van der Waals surface area contributed by atoms with Crippen LogP contribution >= 0.6 is 0 Å². The Kier molecular flexibility index (Phi) is 5.71. The molecule has 0 atom stereocenters. The second-order valence-electron chi connectivity index (χ2n) is 6.06. The summed E-state index contributed by atoms with van der Waals surface area (Å²) in [5.41, 5.74) is 2.64. The molecule has 0 aliphatic rings. The van der Waals surface area contributed by atoms with Crippen LogP contribution in [-0.2, 0) is 11.2 Å². The van der Waals surface area contributed by atoms with E-state index in [9.17, 15) is 4.79 Å². The van der Waals surface area contributed by atoms with Crippen molar-refractivity contribution < 1.29 is 14.3 Å². The Labute approximate surface area is 157 Å². The first-order valence-electron chi connectivity index (χ1n) is 8.59. The standard InChI is InChI=1S/C20H22N4O3/c1-13-21-20(24-23-13)15-6-8-16(9-7-15)22-19(25)11-5-14-4-10-17(26-2)18(12-14)27-3/h4,6-10,12H,5,11H2,1-3H3,(H,22,25)(H,21,23,24). The van der Waals surface area contributed by atoms with E-state index in [-0.39, 0.29) is 5.91 Å². The van der Waals surface area contributed by atoms with Crippen LogP contribution in [0, 0.1) is 6.92 Å². The molecule has 1 amide bonds. The van der Waals surface area contributed by atoms with Crippen molar-refractivity contribution in [2.45, 2.75) is 19.8 Å². The van der Waals surface area contributed by atoms with Crippen LogP contribution < -0.4 is 14.8 Å². The van der Waals surface area contributed by atoms with Gasteiger partial charge < -0.3 is 14.8 Å². The second kappa shape index (κ2) is 8.35. The number of ether oxygens (including phenoxy) is 2. The Bertz CT molecular complexity index is 919. The summed E-state index contributed by atoms with van der Waals surface area (Å²) in [6, 6.07) is 13.1. The summed E-state index contributed by atoms with van der Waals surface area (Å²) in [7, 11) is 3.19. The van der Waals surface area contributed by atoms with Gasteiger partial charge >= 0.3 is 0 Å². The fourth-order valence-corrected chi connectivity index (χ4v) is 2.69. The summed E-state index contributed by atoms with van der Waals surface area (Å²) < 4.78 is 10.5. The zero-order chi connectivity index (χ0) is 19.2. The SMILES string of the molecule is COc1ccc(CCC(=O)Nc2ccc(-c3n[nH]c(C)n3)cc2)cc1OC. The van der Waals surface area contributed by atoms with Crippen molar-refractivity contribution in [3.63, 3.8) is 0 Å². The van der Waals surface area contributed by atoms with Gasteiger partial charge in [-0.25, -0.2) is 4.98 Å². The number of carbonyl (C=O) groups excluding carboxylic acids is 1. The molecular weight excluding hydrogens is 344 g/mol. The summed E-state index contributed by atoms with van der Waals surface area (Å²) in [5, 5.41) is 9.84. The van der Waals surface area contributed by atoms with Crippen molar-refractivity contribution in [2.24, 2.45) is 0 Å². The van der Waals surface area contributed by atoms with E-state index < -0.39 is 0 Å². The quantitative estimate of drug-likeness (QED) is 0.669. The Balaban J connectivity index is 1.56. The maximum Gasteiger partial charge on any atom is 0.224 e. The number of anilines is 1. The van der Waals surface area contributed by atoms with Gasteiger partial charge in [0.1, 0.15) is 5.82 Å². The number of hydrogen-bond acceptors (Lipinski definition) is 5. The molecule has 0 unspecified atom stereocenters. The van der Waals surface area contributed by atoms with E-state index in [0.29, 0.717) is 30.2 Å². The first-order chi connectivity index (χ1) is 13.1. The summed E-state index contributed by atoms with van der Waals surface area (Å²) in [6.45, 7) is 1.85. The number of nitrogens with zero attached hydrogens (tertiary/aromatic N) is 2. The summed E-state index contributed by atoms with van der Waals surface area (Å²) >= 11 is 0. The number of aromatic amines is 1. The van der Waals surface area contributed by atoms with Crippen molar-refractivity contribution in [1.29, 1.82) is 0 Å². The number of amides is 1. The van der Waals surface area contributed by atoms with Crippen LogP contribution in [0.25, 0.3) is 11.4 Å². The lowest BCUT2D eigenvalue weighted by Gasteiger charge is -2.10. The number of aryl methyl sites for hydroxylation is 2. The normalized spacial score (nSPS) is 10.5. The van der Waals surface area contributed by atoms with E-state index in [1.165, 1.54) is 0 Å². The van der Waals surface area contributed by atoms with Crippen LogP contribution in [0.15, 0.2) is 42.5 Å². The Hall–Kier alpha value is -3.35. The number of rotatable bonds is 7. The molecule has 1 aromatic heterocycles. The molecule has 0 saturated heterocycles. The third-order valence-electron chi connectivity index (χ3n) is 4.11. The zero-order valence-electron chi connectivity index (χ0n) is 15.6. The van der Waals surface area contributed by atoms with Crippen molar-refractivity contribution in [3.05, 3.63) is 53.9 Å². The van der Waals surface area contributed by atoms with Crippen LogP contribution in [0.1, 0.15) is 17.8 Å². The van der Waals surface area contributed by atoms with Gasteiger partial charge in [-0.2, -0.15) is 5.10 Å². The Morgan fingerprint density at radius 1 is 1.07 bits per heavy atom. The fourth-order valence-electron chi connectivity index (χ4n) is 2.69. The maximum absolute atomic E-state index is 12.2. The first kappa shape index (κ1) is 18.4. The summed E-state index contributed by atoms with van der Waals surface area (Å²) in [4.78, 5) is 16.5. The summed E-state index contributed by atoms with van der Waals surface area (Å²) in [6.07, 6.45) is 0.984. The zero-order valence-corrected chi connectivity index (χ0v) is 15.6. The molecule has 0 spiro atoms. The van der Waals surface area contributed by atoms with Gasteiger partial charge in [0.05, 0.1) is 14.2 Å². The second-order valence-corrected chi connectivity index (χ2v) is 6.06. The molecule has 0 fully saturated rings. The smallest absolute Gasteiger partial charge is 0.224 e. The third kappa shape index (κ3) is 4.63. The van der Waals surface area contributed by atoms with Crippen LogP contribution in [-0.4, -0.2) is 35.3 Å². The molecular formula is C20H22N4O3. The van der Waals surface area contributed by atoms with E-state index in [2.05, 4.69) is 20.5 Å². The van der Waals surface area contributed by atoms with Gasteiger partial charge in [0.2, 0.25) is 5.91 Å². The predicted octanol–water partition coefficient (Wildman–Crippen LogP) is 3.37. The molecule has 0 aliphatic carbocycles. The molecule has 2 N–H and O–H groups in total. The van der Waals surface area contributed by atoms with Crippen LogP contribution in [0.2, 0.25) is 0 Å². The minimum atomic E-state index is -0.0497. The highest BCUT2D eigenvalue weighted by atomic mass is 16.5. The molecule has 0 bridgehead atoms. The van der Waals surface area contributed by atoms with Gasteiger partial charge in [-0.15, -0.1) is 0 Å². The molecule has 0 aliphatic heterocycles. The van der Waals surface area contributed by atoms with Crippen molar-refractivity contribution in [2.75, 3.05) is 19.5 Å². The number of aromatic nitrogens is 3. The lowest BCUT2D eigenvalue weighted by Crippen LogP contribution is -2.12. The molecule has 3 aromatic rings. The average Bonchev–Trinajstić information content (AvgIpc) is 3.13. The van der Waals surface area contributed by atoms with E-state index >= 15 is 0 Å². The molecule has 27 heavy (non-hydrogen) atoms. The maximum atomic E-state index is 12.2. The molecule has 3 rings (SSSR count). The van der Waals surface area contributed by atoms with Gasteiger partial charge in [0.25, 0.3) is 0 Å². The molecule has 0 saturated carbocycles. The van der Waals surface area contributed by atoms with E-state index in [1.54, 1.807) is 14.2 Å². The van der Waals surface area contributed by atoms with Gasteiger partial charge in [-0.1, -0.05) is 6.07 Å². The lowest BCUT2D eigenvalue weighted by atomic mass is 10.1. The molecule has 2 aromatic carbocycles. The van der Waals surface area contributed by atoms with E-state index in [1.807, 2.05) is 49.4 Å². The minimum Gasteiger partial charge on any atom is -0.493 e. The van der Waals surface area contributed by atoms with Crippen LogP contribution in [0.4, 0.5) is 5.69 Å². The number of H-pyrrole nitrogens is 1. The Morgan fingerprint density at radius 3 is 2.44 bits per heavy atom. The van der Waals surface area contributed by atoms with Crippen LogP contribution in [0.5, 0.6) is 11.5 Å². The van der Waals surface area contributed by atoms with Gasteiger partial charge in [0.15, 0.2) is 17.3 Å². The first-order valence-corrected chi connectivity index (χ1v) is 8.59. The van der Waals surface area contributed by atoms with Crippen molar-refractivity contribution in [3.8, 4) is 22.9 Å². The lowest BCUT2D eigenvalue weighted by molar-refractivity contribution is -0.116. The van der Waals surface area contributed by atoms with Crippen molar-refractivity contribution >= 4 is 11.6 Å². The molecule has 7 nitrogen and oxygen atoms in total. The summed E-state index contributed by atoms with van der Waals surface area (Å²) in [5.74, 6) is 2.68. The number of hydrogen-bond donors (Lipinski definition) is 2. The van der Waals surface area contributed by atoms with E-state index in [0.717, 1.165) is 22.6 Å². The highest BCUT2D eigenvalue weighted by Crippen LogP contribution is 2.28. The minimum absolute atomic E-state index is 0.0497. The third-order valence-corrected chi connectivity index (χ3v) is 4.11. The Morgan fingerprint density at radius 2 is 1.81 bits per heavy atom. The number of methoxy groups -OCH3 is 2. The largest absolute Gasteiger partial charge is 0.493 e. The predicted molar refractivity (Wildman–Crippen MR) is 103 cm³/mol. The van der Waals surface area contributed by atoms with Gasteiger partial charge in [0, 0.05) is 17.7 Å². The number of nitrogens with one attached hydrogen (secondary N) is 2. The van der Waals surface area contributed by atoms with Crippen molar-refractivity contribution in [1.82, 2.24) is 15.2 Å². The number of benzene rings is 2. The fraction of sp³-hybridized carbons (Fsp3) is 0.250. The van der Waals surface area contributed by atoms with Gasteiger partial charge in [-0.3, -0.25) is 9.89 Å². The number of carbonyl (C=O) groups is 1. The van der Waals surface area contributed by atoms with Gasteiger partial charge in [-0.05, 0) is 55.3 Å². The van der Waals surface area contributed by atoms with E-state index in [4.69, 9.17) is 9.47 Å².